The minimum atomic E-state index is -0.419. The van der Waals surface area contributed by atoms with Gasteiger partial charge in [0.25, 0.3) is 0 Å². The van der Waals surface area contributed by atoms with Gasteiger partial charge in [-0.3, -0.25) is 0 Å². The highest BCUT2D eigenvalue weighted by atomic mass is 79.9. The maximum Gasteiger partial charge on any atom is 0.128 e. The summed E-state index contributed by atoms with van der Waals surface area (Å²) in [5, 5.41) is 11.2. The fourth-order valence-corrected chi connectivity index (χ4v) is 3.29. The third-order valence-corrected chi connectivity index (χ3v) is 4.95. The summed E-state index contributed by atoms with van der Waals surface area (Å²) in [6.07, 6.45) is 3.32. The van der Waals surface area contributed by atoms with Gasteiger partial charge in [0, 0.05) is 28.8 Å². The van der Waals surface area contributed by atoms with E-state index in [2.05, 4.69) is 25.8 Å². The minimum Gasteiger partial charge on any atom is -0.388 e. The first kappa shape index (κ1) is 15.8. The normalized spacial score (nSPS) is 17.5. The molecule has 1 saturated heterocycles. The molecule has 1 aromatic carbocycles. The van der Waals surface area contributed by atoms with Crippen molar-refractivity contribution in [2.45, 2.75) is 18.9 Å². The Morgan fingerprint density at radius 3 is 2.41 bits per heavy atom. The van der Waals surface area contributed by atoms with Crippen LogP contribution in [0.15, 0.2) is 47.1 Å². The predicted molar refractivity (Wildman–Crippen MR) is 93.3 cm³/mol. The van der Waals surface area contributed by atoms with E-state index in [0.29, 0.717) is 5.02 Å². The van der Waals surface area contributed by atoms with Crippen LogP contribution in [-0.4, -0.2) is 23.2 Å². The Morgan fingerprint density at radius 1 is 1.14 bits per heavy atom. The summed E-state index contributed by atoms with van der Waals surface area (Å²) in [7, 11) is 0. The van der Waals surface area contributed by atoms with Crippen LogP contribution in [0.2, 0.25) is 5.02 Å². The molecule has 1 unspecified atom stereocenters. The van der Waals surface area contributed by atoms with Crippen LogP contribution in [0.1, 0.15) is 24.5 Å². The molecule has 1 atom stereocenters. The lowest BCUT2D eigenvalue weighted by Gasteiger charge is -2.35. The zero-order valence-electron chi connectivity index (χ0n) is 12.1. The molecule has 0 spiro atoms. The number of halogens is 2. The Balaban J connectivity index is 1.61. The van der Waals surface area contributed by atoms with E-state index in [1.54, 1.807) is 0 Å². The van der Waals surface area contributed by atoms with Crippen molar-refractivity contribution in [2.75, 3.05) is 18.0 Å². The molecule has 0 bridgehead atoms. The Kier molecular flexibility index (Phi) is 5.01. The summed E-state index contributed by atoms with van der Waals surface area (Å²) < 4.78 is 0.990. The molecule has 1 aliphatic rings. The van der Waals surface area contributed by atoms with Gasteiger partial charge in [-0.1, -0.05) is 23.7 Å². The van der Waals surface area contributed by atoms with E-state index >= 15 is 0 Å². The summed E-state index contributed by atoms with van der Waals surface area (Å²) >= 11 is 9.31. The summed E-state index contributed by atoms with van der Waals surface area (Å²) in [6, 6.07) is 11.5. The predicted octanol–water partition coefficient (Wildman–Crippen LogP) is 4.45. The Hall–Kier alpha value is -1.10. The molecule has 3 rings (SSSR count). The van der Waals surface area contributed by atoms with E-state index in [4.69, 9.17) is 11.6 Å². The largest absolute Gasteiger partial charge is 0.388 e. The van der Waals surface area contributed by atoms with Gasteiger partial charge in [-0.05, 0) is 64.5 Å². The molecule has 0 amide bonds. The number of piperidine rings is 1. The molecule has 3 nitrogen and oxygen atoms in total. The first-order valence-electron chi connectivity index (χ1n) is 7.43. The van der Waals surface area contributed by atoms with E-state index in [1.165, 1.54) is 0 Å². The monoisotopic (exact) mass is 380 g/mol. The van der Waals surface area contributed by atoms with Crippen molar-refractivity contribution in [1.29, 1.82) is 0 Å². The fraction of sp³-hybridized carbons (Fsp3) is 0.353. The number of pyridine rings is 1. The molecule has 1 fully saturated rings. The van der Waals surface area contributed by atoms with Gasteiger partial charge in [-0.2, -0.15) is 0 Å². The molecule has 0 aliphatic carbocycles. The molecule has 1 aromatic heterocycles. The van der Waals surface area contributed by atoms with Gasteiger partial charge in [0.1, 0.15) is 5.82 Å². The van der Waals surface area contributed by atoms with Gasteiger partial charge in [0.15, 0.2) is 0 Å². The summed E-state index contributed by atoms with van der Waals surface area (Å²) in [5.41, 5.74) is 0.949. The topological polar surface area (TPSA) is 36.4 Å². The third kappa shape index (κ3) is 3.62. The van der Waals surface area contributed by atoms with E-state index < -0.39 is 6.10 Å². The van der Waals surface area contributed by atoms with Gasteiger partial charge in [0.05, 0.1) is 6.10 Å². The van der Waals surface area contributed by atoms with Gasteiger partial charge in [-0.25, -0.2) is 4.98 Å². The first-order valence-corrected chi connectivity index (χ1v) is 8.60. The van der Waals surface area contributed by atoms with Crippen LogP contribution in [0.3, 0.4) is 0 Å². The van der Waals surface area contributed by atoms with Crippen molar-refractivity contribution < 1.29 is 5.11 Å². The van der Waals surface area contributed by atoms with Crippen LogP contribution in [0.5, 0.6) is 0 Å². The van der Waals surface area contributed by atoms with Gasteiger partial charge in [-0.15, -0.1) is 0 Å². The molecule has 0 radical (unpaired) electrons. The molecular formula is C17H18BrClN2O. The van der Waals surface area contributed by atoms with Crippen LogP contribution in [0, 0.1) is 5.92 Å². The van der Waals surface area contributed by atoms with Crippen molar-refractivity contribution in [3.05, 3.63) is 57.7 Å². The minimum absolute atomic E-state index is 0.285. The van der Waals surface area contributed by atoms with E-state index in [0.717, 1.165) is 41.8 Å². The number of nitrogens with zero attached hydrogens (tertiary/aromatic N) is 2. The number of aliphatic hydroxyl groups is 1. The molecule has 0 saturated carbocycles. The van der Waals surface area contributed by atoms with Crippen LogP contribution in [-0.2, 0) is 0 Å². The quantitative estimate of drug-likeness (QED) is 0.853. The number of aromatic nitrogens is 1. The SMILES string of the molecule is OC(c1ccc(Cl)cc1)C1CCN(c2ccc(Br)cn2)CC1. The zero-order chi connectivity index (χ0) is 15.5. The lowest BCUT2D eigenvalue weighted by Crippen LogP contribution is -2.36. The second kappa shape index (κ2) is 6.99. The maximum atomic E-state index is 10.5. The standard InChI is InChI=1S/C17H18BrClN2O/c18-14-3-6-16(20-11-14)21-9-7-13(8-10-21)17(22)12-1-4-15(19)5-2-12/h1-6,11,13,17,22H,7-10H2. The van der Waals surface area contributed by atoms with E-state index in [9.17, 15) is 5.11 Å². The molecule has 116 valence electrons. The average molecular weight is 382 g/mol. The second-order valence-electron chi connectivity index (χ2n) is 5.66. The lowest BCUT2D eigenvalue weighted by molar-refractivity contribution is 0.0929. The molecular weight excluding hydrogens is 364 g/mol. The van der Waals surface area contributed by atoms with Crippen molar-refractivity contribution in [2.24, 2.45) is 5.92 Å². The van der Waals surface area contributed by atoms with Crippen LogP contribution in [0.25, 0.3) is 0 Å². The third-order valence-electron chi connectivity index (χ3n) is 4.23. The highest BCUT2D eigenvalue weighted by Crippen LogP contribution is 2.32. The van der Waals surface area contributed by atoms with Gasteiger partial charge in [0.2, 0.25) is 0 Å². The van der Waals surface area contributed by atoms with E-state index in [1.807, 2.05) is 42.6 Å². The zero-order valence-corrected chi connectivity index (χ0v) is 14.5. The Morgan fingerprint density at radius 2 is 1.82 bits per heavy atom. The number of benzene rings is 1. The number of aliphatic hydroxyl groups excluding tert-OH is 1. The Labute approximate surface area is 144 Å². The first-order chi connectivity index (χ1) is 10.6. The van der Waals surface area contributed by atoms with Crippen molar-refractivity contribution >= 4 is 33.3 Å². The smallest absolute Gasteiger partial charge is 0.128 e. The highest BCUT2D eigenvalue weighted by Gasteiger charge is 2.26. The molecule has 22 heavy (non-hydrogen) atoms. The van der Waals surface area contributed by atoms with Crippen molar-refractivity contribution in [3.8, 4) is 0 Å². The number of hydrogen-bond donors (Lipinski definition) is 1. The summed E-state index contributed by atoms with van der Waals surface area (Å²) in [4.78, 5) is 6.72. The van der Waals surface area contributed by atoms with Crippen LogP contribution >= 0.6 is 27.5 Å². The Bertz CT molecular complexity index is 610. The van der Waals surface area contributed by atoms with Crippen LogP contribution < -0.4 is 4.90 Å². The van der Waals surface area contributed by atoms with Crippen molar-refractivity contribution in [1.82, 2.24) is 4.98 Å². The van der Waals surface area contributed by atoms with Gasteiger partial charge < -0.3 is 10.0 Å². The maximum absolute atomic E-state index is 10.5. The van der Waals surface area contributed by atoms with E-state index in [-0.39, 0.29) is 5.92 Å². The molecule has 2 heterocycles. The average Bonchev–Trinajstić information content (AvgIpc) is 2.56. The number of anilines is 1. The number of hydrogen-bond acceptors (Lipinski definition) is 3. The summed E-state index contributed by atoms with van der Waals surface area (Å²) in [6.45, 7) is 1.84. The molecule has 1 N–H and O–H groups in total. The molecule has 5 heteroatoms. The van der Waals surface area contributed by atoms with Crippen molar-refractivity contribution in [3.63, 3.8) is 0 Å². The summed E-state index contributed by atoms with van der Waals surface area (Å²) in [5.74, 6) is 1.29. The fourth-order valence-electron chi connectivity index (χ4n) is 2.93. The highest BCUT2D eigenvalue weighted by molar-refractivity contribution is 9.10. The molecule has 2 aromatic rings. The second-order valence-corrected chi connectivity index (χ2v) is 7.01. The number of rotatable bonds is 3. The molecule has 1 aliphatic heterocycles. The van der Waals surface area contributed by atoms with Gasteiger partial charge >= 0.3 is 0 Å². The van der Waals surface area contributed by atoms with Crippen LogP contribution in [0.4, 0.5) is 5.82 Å². The lowest BCUT2D eigenvalue weighted by atomic mass is 9.87.